The number of aliphatic hydroxyl groups is 1. The number of piperidine rings is 1. The number of phenols is 2. The summed E-state index contributed by atoms with van der Waals surface area (Å²) in [6.07, 6.45) is 1.38. The van der Waals surface area contributed by atoms with Gasteiger partial charge in [-0.1, -0.05) is 13.8 Å². The molecule has 0 unspecified atom stereocenters. The zero-order valence-electron chi connectivity index (χ0n) is 14.3. The summed E-state index contributed by atoms with van der Waals surface area (Å²) in [5.41, 5.74) is -0.130. The standard InChI is InChI=1S/C18H27NO4/c1-11(2)7-14-10-19(6-5-18(14,4)23)17(22)13-8-15(20)12(3)16(21)9-13/h8-9,11,14,20-21,23H,5-7,10H2,1-4H3/t14-,18+/m0/s1. The van der Waals surface area contributed by atoms with Gasteiger partial charge in [0.1, 0.15) is 11.5 Å². The number of hydrogen-bond donors (Lipinski definition) is 3. The SMILES string of the molecule is Cc1c(O)cc(C(=O)N2CC[C@@](C)(O)[C@@H](CC(C)C)C2)cc1O. The third-order valence-corrected chi connectivity index (χ3v) is 4.85. The second kappa shape index (κ2) is 6.40. The first-order valence-electron chi connectivity index (χ1n) is 8.16. The van der Waals surface area contributed by atoms with Gasteiger partial charge in [-0.05, 0) is 44.7 Å². The van der Waals surface area contributed by atoms with Crippen LogP contribution in [0.15, 0.2) is 12.1 Å². The van der Waals surface area contributed by atoms with Gasteiger partial charge in [-0.25, -0.2) is 0 Å². The summed E-state index contributed by atoms with van der Waals surface area (Å²) in [4.78, 5) is 14.4. The third-order valence-electron chi connectivity index (χ3n) is 4.85. The van der Waals surface area contributed by atoms with E-state index in [1.807, 2.05) is 6.92 Å². The molecule has 0 aliphatic carbocycles. The van der Waals surface area contributed by atoms with E-state index in [1.54, 1.807) is 11.8 Å². The summed E-state index contributed by atoms with van der Waals surface area (Å²) in [5.74, 6) is 0.0638. The smallest absolute Gasteiger partial charge is 0.254 e. The molecule has 128 valence electrons. The Morgan fingerprint density at radius 1 is 1.35 bits per heavy atom. The number of carbonyl (C=O) groups is 1. The predicted octanol–water partition coefficient (Wildman–Crippen LogP) is 2.67. The normalized spacial score (nSPS) is 25.0. The number of phenolic OH excluding ortho intramolecular Hbond substituents is 2. The fraction of sp³-hybridized carbons (Fsp3) is 0.611. The number of nitrogens with zero attached hydrogens (tertiary/aromatic N) is 1. The van der Waals surface area contributed by atoms with E-state index in [4.69, 9.17) is 0 Å². The van der Waals surface area contributed by atoms with E-state index in [1.165, 1.54) is 12.1 Å². The van der Waals surface area contributed by atoms with E-state index in [2.05, 4.69) is 13.8 Å². The van der Waals surface area contributed by atoms with Crippen LogP contribution in [-0.2, 0) is 0 Å². The summed E-state index contributed by atoms with van der Waals surface area (Å²) in [5, 5.41) is 30.2. The molecule has 1 heterocycles. The molecule has 0 radical (unpaired) electrons. The highest BCUT2D eigenvalue weighted by Gasteiger charge is 2.39. The minimum absolute atomic E-state index is 0.0212. The fourth-order valence-corrected chi connectivity index (χ4v) is 3.19. The molecule has 23 heavy (non-hydrogen) atoms. The second-order valence-electron chi connectivity index (χ2n) is 7.32. The quantitative estimate of drug-likeness (QED) is 0.799. The van der Waals surface area contributed by atoms with Crippen LogP contribution in [-0.4, -0.2) is 44.8 Å². The molecule has 1 aliphatic heterocycles. The maximum Gasteiger partial charge on any atom is 0.254 e. The van der Waals surface area contributed by atoms with Crippen molar-refractivity contribution in [1.29, 1.82) is 0 Å². The van der Waals surface area contributed by atoms with Crippen molar-refractivity contribution in [1.82, 2.24) is 4.90 Å². The number of carbonyl (C=O) groups excluding carboxylic acids is 1. The van der Waals surface area contributed by atoms with Crippen LogP contribution in [0.5, 0.6) is 11.5 Å². The Bertz CT molecular complexity index is 572. The predicted molar refractivity (Wildman–Crippen MR) is 88.6 cm³/mol. The molecule has 1 fully saturated rings. The van der Waals surface area contributed by atoms with Gasteiger partial charge in [0.05, 0.1) is 5.60 Å². The zero-order chi connectivity index (χ0) is 17.4. The molecule has 1 aromatic carbocycles. The lowest BCUT2D eigenvalue weighted by molar-refractivity contribution is -0.0577. The molecule has 1 aliphatic rings. The Hall–Kier alpha value is -1.75. The maximum atomic E-state index is 12.7. The Balaban J connectivity index is 2.20. The summed E-state index contributed by atoms with van der Waals surface area (Å²) in [7, 11) is 0. The minimum atomic E-state index is -0.765. The molecule has 0 saturated carbocycles. The van der Waals surface area contributed by atoms with Crippen molar-refractivity contribution in [3.8, 4) is 11.5 Å². The number of benzene rings is 1. The van der Waals surface area contributed by atoms with E-state index >= 15 is 0 Å². The summed E-state index contributed by atoms with van der Waals surface area (Å²) < 4.78 is 0. The van der Waals surface area contributed by atoms with E-state index in [0.29, 0.717) is 31.0 Å². The number of aromatic hydroxyl groups is 2. The van der Waals surface area contributed by atoms with Crippen LogP contribution < -0.4 is 0 Å². The van der Waals surface area contributed by atoms with Crippen LogP contribution in [0.25, 0.3) is 0 Å². The Morgan fingerprint density at radius 3 is 2.43 bits per heavy atom. The molecular formula is C18H27NO4. The molecule has 1 aromatic rings. The van der Waals surface area contributed by atoms with Crippen molar-refractivity contribution in [3.63, 3.8) is 0 Å². The first kappa shape index (κ1) is 17.6. The lowest BCUT2D eigenvalue weighted by Gasteiger charge is -2.43. The molecule has 0 aromatic heterocycles. The molecule has 2 rings (SSSR count). The van der Waals surface area contributed by atoms with Crippen molar-refractivity contribution in [2.45, 2.75) is 46.1 Å². The topological polar surface area (TPSA) is 81.0 Å². The molecule has 0 bridgehead atoms. The summed E-state index contributed by atoms with van der Waals surface area (Å²) >= 11 is 0. The van der Waals surface area contributed by atoms with Gasteiger partial charge in [-0.3, -0.25) is 4.79 Å². The Morgan fingerprint density at radius 2 is 1.91 bits per heavy atom. The molecular weight excluding hydrogens is 294 g/mol. The van der Waals surface area contributed by atoms with Crippen molar-refractivity contribution in [3.05, 3.63) is 23.3 Å². The highest BCUT2D eigenvalue weighted by atomic mass is 16.3. The van der Waals surface area contributed by atoms with Gasteiger partial charge >= 0.3 is 0 Å². The van der Waals surface area contributed by atoms with Gasteiger partial charge in [0.25, 0.3) is 5.91 Å². The molecule has 2 atom stereocenters. The second-order valence-corrected chi connectivity index (χ2v) is 7.32. The molecule has 5 nitrogen and oxygen atoms in total. The minimum Gasteiger partial charge on any atom is -0.508 e. The van der Waals surface area contributed by atoms with E-state index in [9.17, 15) is 20.1 Å². The molecule has 0 spiro atoms. The highest BCUT2D eigenvalue weighted by Crippen LogP contribution is 2.34. The first-order valence-corrected chi connectivity index (χ1v) is 8.16. The van der Waals surface area contributed by atoms with E-state index in [0.717, 1.165) is 6.42 Å². The van der Waals surface area contributed by atoms with Gasteiger partial charge in [-0.15, -0.1) is 0 Å². The summed E-state index contributed by atoms with van der Waals surface area (Å²) in [6.45, 7) is 8.59. The van der Waals surface area contributed by atoms with Crippen LogP contribution >= 0.6 is 0 Å². The molecule has 5 heteroatoms. The van der Waals surface area contributed by atoms with Gasteiger partial charge in [0, 0.05) is 30.1 Å². The Kier molecular flexibility index (Phi) is 4.90. The lowest BCUT2D eigenvalue weighted by atomic mass is 9.78. The highest BCUT2D eigenvalue weighted by molar-refractivity contribution is 5.95. The number of amides is 1. The summed E-state index contributed by atoms with van der Waals surface area (Å²) in [6, 6.07) is 2.78. The maximum absolute atomic E-state index is 12.7. The van der Waals surface area contributed by atoms with E-state index < -0.39 is 5.60 Å². The van der Waals surface area contributed by atoms with Crippen molar-refractivity contribution in [2.75, 3.05) is 13.1 Å². The van der Waals surface area contributed by atoms with Gasteiger partial charge in [0.2, 0.25) is 0 Å². The average Bonchev–Trinajstić information content (AvgIpc) is 2.45. The van der Waals surface area contributed by atoms with Crippen molar-refractivity contribution >= 4 is 5.91 Å². The molecule has 1 amide bonds. The third kappa shape index (κ3) is 3.78. The van der Waals surface area contributed by atoms with E-state index in [-0.39, 0.29) is 28.9 Å². The molecule has 3 N–H and O–H groups in total. The lowest BCUT2D eigenvalue weighted by Crippen LogP contribution is -2.52. The average molecular weight is 321 g/mol. The van der Waals surface area contributed by atoms with Crippen molar-refractivity contribution in [2.24, 2.45) is 11.8 Å². The fourth-order valence-electron chi connectivity index (χ4n) is 3.19. The monoisotopic (exact) mass is 321 g/mol. The molecule has 1 saturated heterocycles. The zero-order valence-corrected chi connectivity index (χ0v) is 14.3. The van der Waals surface area contributed by atoms with Crippen molar-refractivity contribution < 1.29 is 20.1 Å². The first-order chi connectivity index (χ1) is 10.6. The van der Waals surface area contributed by atoms with Crippen LogP contribution in [0, 0.1) is 18.8 Å². The van der Waals surface area contributed by atoms with Crippen LogP contribution in [0.2, 0.25) is 0 Å². The van der Waals surface area contributed by atoms with Crippen LogP contribution in [0.1, 0.15) is 49.5 Å². The number of rotatable bonds is 3. The number of likely N-dealkylation sites (tertiary alicyclic amines) is 1. The van der Waals surface area contributed by atoms with Crippen LogP contribution in [0.3, 0.4) is 0 Å². The Labute approximate surface area is 137 Å². The van der Waals surface area contributed by atoms with Crippen LogP contribution in [0.4, 0.5) is 0 Å². The largest absolute Gasteiger partial charge is 0.508 e. The van der Waals surface area contributed by atoms with Gasteiger partial charge in [-0.2, -0.15) is 0 Å². The number of hydrogen-bond acceptors (Lipinski definition) is 4. The van der Waals surface area contributed by atoms with Gasteiger partial charge in [0.15, 0.2) is 0 Å². The van der Waals surface area contributed by atoms with Gasteiger partial charge < -0.3 is 20.2 Å².